The van der Waals surface area contributed by atoms with Gasteiger partial charge >= 0.3 is 0 Å². The number of thioether (sulfide) groups is 1. The van der Waals surface area contributed by atoms with Gasteiger partial charge in [0.2, 0.25) is 0 Å². The number of halogens is 1. The van der Waals surface area contributed by atoms with E-state index < -0.39 is 0 Å². The van der Waals surface area contributed by atoms with Gasteiger partial charge in [-0.05, 0) is 49.4 Å². The molecule has 2 atom stereocenters. The van der Waals surface area contributed by atoms with Gasteiger partial charge in [0.15, 0.2) is 0 Å². The maximum Gasteiger partial charge on any atom is 0.124 e. The lowest BCUT2D eigenvalue weighted by Gasteiger charge is -2.40. The van der Waals surface area contributed by atoms with Crippen LogP contribution in [0.15, 0.2) is 29.2 Å². The van der Waals surface area contributed by atoms with E-state index in [0.29, 0.717) is 16.7 Å². The van der Waals surface area contributed by atoms with Crippen LogP contribution in [0.4, 0.5) is 4.39 Å². The zero-order valence-electron chi connectivity index (χ0n) is 12.1. The van der Waals surface area contributed by atoms with Crippen molar-refractivity contribution in [1.82, 2.24) is 5.32 Å². The Bertz CT molecular complexity index is 419. The second-order valence-electron chi connectivity index (χ2n) is 6.18. The van der Waals surface area contributed by atoms with Crippen LogP contribution < -0.4 is 5.32 Å². The van der Waals surface area contributed by atoms with Crippen LogP contribution in [0, 0.1) is 11.2 Å². The summed E-state index contributed by atoms with van der Waals surface area (Å²) in [7, 11) is 0. The van der Waals surface area contributed by atoms with Crippen molar-refractivity contribution in [3.8, 4) is 0 Å². The standard InChI is InChI=1S/C16H24FNS/c1-4-18-14-8-9-16(2,3)11-15(14)19-13-7-5-6-12(17)10-13/h5-7,10,14-15,18H,4,8-9,11H2,1-3H3. The minimum atomic E-state index is -0.139. The van der Waals surface area contributed by atoms with Gasteiger partial charge in [-0.2, -0.15) is 0 Å². The maximum atomic E-state index is 13.3. The van der Waals surface area contributed by atoms with Gasteiger partial charge in [-0.25, -0.2) is 4.39 Å². The Labute approximate surface area is 120 Å². The highest BCUT2D eigenvalue weighted by molar-refractivity contribution is 8.00. The summed E-state index contributed by atoms with van der Waals surface area (Å²) in [5.41, 5.74) is 0.400. The van der Waals surface area contributed by atoms with Gasteiger partial charge in [-0.1, -0.05) is 26.8 Å². The molecule has 0 saturated heterocycles. The molecule has 1 aliphatic carbocycles. The van der Waals surface area contributed by atoms with Crippen LogP contribution in [0.2, 0.25) is 0 Å². The predicted molar refractivity (Wildman–Crippen MR) is 81.1 cm³/mol. The fraction of sp³-hybridized carbons (Fsp3) is 0.625. The lowest BCUT2D eigenvalue weighted by Crippen LogP contribution is -2.44. The Kier molecular flexibility index (Phi) is 4.91. The number of benzene rings is 1. The number of hydrogen-bond acceptors (Lipinski definition) is 2. The van der Waals surface area contributed by atoms with E-state index in [-0.39, 0.29) is 5.82 Å². The molecule has 1 aliphatic rings. The molecule has 0 radical (unpaired) electrons. The minimum absolute atomic E-state index is 0.139. The normalized spacial score (nSPS) is 26.3. The van der Waals surface area contributed by atoms with E-state index in [9.17, 15) is 4.39 Å². The molecule has 2 unspecified atom stereocenters. The van der Waals surface area contributed by atoms with Gasteiger partial charge in [0.05, 0.1) is 0 Å². The molecule has 0 aliphatic heterocycles. The van der Waals surface area contributed by atoms with Crippen molar-refractivity contribution < 1.29 is 4.39 Å². The van der Waals surface area contributed by atoms with Crippen molar-refractivity contribution in [2.45, 2.75) is 56.2 Å². The first-order chi connectivity index (χ1) is 9.00. The molecule has 1 N–H and O–H groups in total. The zero-order chi connectivity index (χ0) is 13.9. The van der Waals surface area contributed by atoms with Crippen molar-refractivity contribution in [2.24, 2.45) is 5.41 Å². The van der Waals surface area contributed by atoms with Crippen LogP contribution in [0.25, 0.3) is 0 Å². The minimum Gasteiger partial charge on any atom is -0.313 e. The van der Waals surface area contributed by atoms with Gasteiger partial charge in [0.1, 0.15) is 5.82 Å². The second-order valence-corrected chi connectivity index (χ2v) is 7.50. The van der Waals surface area contributed by atoms with E-state index in [0.717, 1.165) is 11.4 Å². The van der Waals surface area contributed by atoms with Crippen LogP contribution in [-0.4, -0.2) is 17.8 Å². The molecule has 1 aromatic carbocycles. The maximum absolute atomic E-state index is 13.3. The van der Waals surface area contributed by atoms with Crippen LogP contribution in [0.3, 0.4) is 0 Å². The number of nitrogens with one attached hydrogen (secondary N) is 1. The molecule has 1 aromatic rings. The highest BCUT2D eigenvalue weighted by Gasteiger charge is 2.34. The van der Waals surface area contributed by atoms with E-state index >= 15 is 0 Å². The molecular weight excluding hydrogens is 257 g/mol. The topological polar surface area (TPSA) is 12.0 Å². The quantitative estimate of drug-likeness (QED) is 0.873. The fourth-order valence-electron chi connectivity index (χ4n) is 2.86. The summed E-state index contributed by atoms with van der Waals surface area (Å²) in [5.74, 6) is -0.139. The van der Waals surface area contributed by atoms with E-state index in [2.05, 4.69) is 26.1 Å². The van der Waals surface area contributed by atoms with Crippen molar-refractivity contribution in [3.05, 3.63) is 30.1 Å². The number of hydrogen-bond donors (Lipinski definition) is 1. The molecule has 0 bridgehead atoms. The zero-order valence-corrected chi connectivity index (χ0v) is 12.9. The largest absolute Gasteiger partial charge is 0.313 e. The summed E-state index contributed by atoms with van der Waals surface area (Å²) in [6.45, 7) is 7.84. The van der Waals surface area contributed by atoms with E-state index in [4.69, 9.17) is 0 Å². The molecule has 19 heavy (non-hydrogen) atoms. The first kappa shape index (κ1) is 14.9. The summed E-state index contributed by atoms with van der Waals surface area (Å²) in [5, 5.41) is 4.13. The van der Waals surface area contributed by atoms with Crippen LogP contribution in [-0.2, 0) is 0 Å². The third-order valence-corrected chi connectivity index (χ3v) is 5.21. The van der Waals surface area contributed by atoms with Gasteiger partial charge in [0.25, 0.3) is 0 Å². The fourth-order valence-corrected chi connectivity index (χ4v) is 4.47. The average Bonchev–Trinajstić information content (AvgIpc) is 2.32. The Hall–Kier alpha value is -0.540. The van der Waals surface area contributed by atoms with Crippen molar-refractivity contribution in [3.63, 3.8) is 0 Å². The molecule has 1 nitrogen and oxygen atoms in total. The van der Waals surface area contributed by atoms with Crippen LogP contribution in [0.1, 0.15) is 40.0 Å². The summed E-state index contributed by atoms with van der Waals surface area (Å²) < 4.78 is 13.3. The van der Waals surface area contributed by atoms with Crippen LogP contribution in [0.5, 0.6) is 0 Å². The Morgan fingerprint density at radius 1 is 1.42 bits per heavy atom. The predicted octanol–water partition coefficient (Wildman–Crippen LogP) is 4.47. The van der Waals surface area contributed by atoms with Gasteiger partial charge in [0, 0.05) is 16.2 Å². The van der Waals surface area contributed by atoms with Gasteiger partial charge in [-0.3, -0.25) is 0 Å². The second kappa shape index (κ2) is 6.27. The molecule has 0 spiro atoms. The van der Waals surface area contributed by atoms with Crippen LogP contribution >= 0.6 is 11.8 Å². The highest BCUT2D eigenvalue weighted by Crippen LogP contribution is 2.42. The molecule has 1 fully saturated rings. The summed E-state index contributed by atoms with van der Waals surface area (Å²) >= 11 is 1.83. The highest BCUT2D eigenvalue weighted by atomic mass is 32.2. The molecule has 0 amide bonds. The molecule has 1 saturated carbocycles. The third kappa shape index (κ3) is 4.22. The van der Waals surface area contributed by atoms with E-state index in [1.165, 1.54) is 25.3 Å². The Morgan fingerprint density at radius 2 is 2.21 bits per heavy atom. The Morgan fingerprint density at radius 3 is 2.89 bits per heavy atom. The monoisotopic (exact) mass is 281 g/mol. The molecule has 0 aromatic heterocycles. The summed E-state index contributed by atoms with van der Waals surface area (Å²) in [6, 6.07) is 7.52. The Balaban J connectivity index is 2.09. The molecule has 0 heterocycles. The lowest BCUT2D eigenvalue weighted by atomic mass is 9.75. The molecular formula is C16H24FNS. The van der Waals surface area contributed by atoms with Gasteiger partial charge < -0.3 is 5.32 Å². The molecule has 2 rings (SSSR count). The summed E-state index contributed by atoms with van der Waals surface area (Å²) in [4.78, 5) is 1.05. The average molecular weight is 281 g/mol. The van der Waals surface area contributed by atoms with Crippen molar-refractivity contribution in [1.29, 1.82) is 0 Å². The van der Waals surface area contributed by atoms with Gasteiger partial charge in [-0.15, -0.1) is 11.8 Å². The smallest absolute Gasteiger partial charge is 0.124 e. The first-order valence-electron chi connectivity index (χ1n) is 7.16. The van der Waals surface area contributed by atoms with Crippen molar-refractivity contribution >= 4 is 11.8 Å². The molecule has 106 valence electrons. The SMILES string of the molecule is CCNC1CCC(C)(C)CC1Sc1cccc(F)c1. The first-order valence-corrected chi connectivity index (χ1v) is 8.04. The lowest BCUT2D eigenvalue weighted by molar-refractivity contribution is 0.215. The number of rotatable bonds is 4. The van der Waals surface area contributed by atoms with E-state index in [1.807, 2.05) is 17.8 Å². The molecule has 3 heteroatoms. The van der Waals surface area contributed by atoms with E-state index in [1.54, 1.807) is 12.1 Å². The van der Waals surface area contributed by atoms with Crippen molar-refractivity contribution in [2.75, 3.05) is 6.54 Å². The third-order valence-electron chi connectivity index (χ3n) is 3.88. The summed E-state index contributed by atoms with van der Waals surface area (Å²) in [6.07, 6.45) is 3.67.